The maximum Gasteiger partial charge on any atom is 0.334 e. The molecule has 0 atom stereocenters. The van der Waals surface area contributed by atoms with E-state index in [-0.39, 0.29) is 23.3 Å². The third-order valence-electron chi connectivity index (χ3n) is 3.81. The Balaban J connectivity index is 3.28. The van der Waals surface area contributed by atoms with Gasteiger partial charge in [0, 0.05) is 5.57 Å². The van der Waals surface area contributed by atoms with Crippen molar-refractivity contribution in [1.29, 1.82) is 0 Å². The minimum Gasteiger partial charge on any atom is -0.463 e. The highest BCUT2D eigenvalue weighted by molar-refractivity contribution is 6.00. The molecule has 1 aliphatic rings. The van der Waals surface area contributed by atoms with Crippen LogP contribution in [0.1, 0.15) is 66.7 Å². The molecular weight excluding hydrogens is 280 g/mol. The van der Waals surface area contributed by atoms with Crippen molar-refractivity contribution in [1.82, 2.24) is 0 Å². The molecule has 1 aliphatic carbocycles. The number of hydrogen-bond donors (Lipinski definition) is 0. The first kappa shape index (κ1) is 18.7. The van der Waals surface area contributed by atoms with Gasteiger partial charge in [0.05, 0.1) is 18.8 Å². The molecule has 126 valence electrons. The molecule has 0 aromatic carbocycles. The Morgan fingerprint density at radius 3 is 1.91 bits per heavy atom. The van der Waals surface area contributed by atoms with E-state index < -0.39 is 0 Å². The van der Waals surface area contributed by atoms with Crippen molar-refractivity contribution in [3.63, 3.8) is 0 Å². The van der Waals surface area contributed by atoms with E-state index in [4.69, 9.17) is 9.47 Å². The first-order valence-electron chi connectivity index (χ1n) is 8.37. The van der Waals surface area contributed by atoms with E-state index in [9.17, 15) is 9.59 Å². The average molecular weight is 310 g/mol. The standard InChI is InChI=1S/C18H30O4/c1-6-21-16(19)14(12-18(3,4)5)15(17(20)22-7-2)13-10-8-9-11-13/h13H,6-12H2,1-5H3. The maximum atomic E-state index is 12.5. The summed E-state index contributed by atoms with van der Waals surface area (Å²) in [5, 5.41) is 0. The van der Waals surface area contributed by atoms with Crippen molar-refractivity contribution in [2.75, 3.05) is 13.2 Å². The van der Waals surface area contributed by atoms with Gasteiger partial charge < -0.3 is 9.47 Å². The molecule has 0 aliphatic heterocycles. The van der Waals surface area contributed by atoms with Crippen molar-refractivity contribution in [2.24, 2.45) is 11.3 Å². The Labute approximate surface area is 134 Å². The van der Waals surface area contributed by atoms with Gasteiger partial charge in [-0.15, -0.1) is 0 Å². The summed E-state index contributed by atoms with van der Waals surface area (Å²) in [7, 11) is 0. The first-order valence-corrected chi connectivity index (χ1v) is 8.37. The second-order valence-electron chi connectivity index (χ2n) is 7.05. The Morgan fingerprint density at radius 2 is 1.45 bits per heavy atom. The van der Waals surface area contributed by atoms with Crippen LogP contribution in [0.2, 0.25) is 0 Å². The van der Waals surface area contributed by atoms with E-state index in [2.05, 4.69) is 20.8 Å². The van der Waals surface area contributed by atoms with Crippen LogP contribution in [0, 0.1) is 11.3 Å². The van der Waals surface area contributed by atoms with E-state index in [1.54, 1.807) is 13.8 Å². The molecule has 0 saturated heterocycles. The molecule has 0 bridgehead atoms. The molecule has 0 radical (unpaired) electrons. The lowest BCUT2D eigenvalue weighted by molar-refractivity contribution is -0.142. The fourth-order valence-corrected chi connectivity index (χ4v) is 2.99. The van der Waals surface area contributed by atoms with Gasteiger partial charge in [0.2, 0.25) is 0 Å². The van der Waals surface area contributed by atoms with Gasteiger partial charge in [-0.1, -0.05) is 33.6 Å². The van der Waals surface area contributed by atoms with Crippen LogP contribution in [-0.2, 0) is 19.1 Å². The molecule has 1 saturated carbocycles. The second-order valence-corrected chi connectivity index (χ2v) is 7.05. The Morgan fingerprint density at radius 1 is 0.955 bits per heavy atom. The van der Waals surface area contributed by atoms with E-state index in [1.807, 2.05) is 0 Å². The Hall–Kier alpha value is -1.32. The van der Waals surface area contributed by atoms with Crippen LogP contribution in [-0.4, -0.2) is 25.2 Å². The summed E-state index contributed by atoms with van der Waals surface area (Å²) in [6, 6.07) is 0. The van der Waals surface area contributed by atoms with Crippen LogP contribution in [0.25, 0.3) is 0 Å². The van der Waals surface area contributed by atoms with Gasteiger partial charge in [0.1, 0.15) is 0 Å². The van der Waals surface area contributed by atoms with Crippen molar-refractivity contribution in [3.05, 3.63) is 11.1 Å². The van der Waals surface area contributed by atoms with Gasteiger partial charge >= 0.3 is 11.9 Å². The topological polar surface area (TPSA) is 52.6 Å². The van der Waals surface area contributed by atoms with Crippen LogP contribution in [0.15, 0.2) is 11.1 Å². The average Bonchev–Trinajstić information content (AvgIpc) is 2.91. The molecule has 0 spiro atoms. The summed E-state index contributed by atoms with van der Waals surface area (Å²) in [5.74, 6) is -0.588. The van der Waals surface area contributed by atoms with Crippen molar-refractivity contribution < 1.29 is 19.1 Å². The summed E-state index contributed by atoms with van der Waals surface area (Å²) < 4.78 is 10.4. The first-order chi connectivity index (χ1) is 10.3. The highest BCUT2D eigenvalue weighted by Gasteiger charge is 2.33. The normalized spacial score (nSPS) is 17.1. The molecule has 0 aromatic rings. The third-order valence-corrected chi connectivity index (χ3v) is 3.81. The van der Waals surface area contributed by atoms with E-state index in [1.165, 1.54) is 0 Å². The van der Waals surface area contributed by atoms with Crippen molar-refractivity contribution in [3.8, 4) is 0 Å². The number of esters is 2. The van der Waals surface area contributed by atoms with Gasteiger partial charge in [-0.25, -0.2) is 9.59 Å². The van der Waals surface area contributed by atoms with E-state index in [0.717, 1.165) is 25.7 Å². The fraction of sp³-hybridized carbons (Fsp3) is 0.778. The highest BCUT2D eigenvalue weighted by Crippen LogP contribution is 2.37. The molecule has 0 aromatic heterocycles. The van der Waals surface area contributed by atoms with E-state index in [0.29, 0.717) is 30.8 Å². The summed E-state index contributed by atoms with van der Waals surface area (Å²) in [6.07, 6.45) is 4.61. The van der Waals surface area contributed by atoms with Crippen molar-refractivity contribution >= 4 is 11.9 Å². The summed E-state index contributed by atoms with van der Waals surface area (Å²) in [4.78, 5) is 24.9. The molecule has 0 unspecified atom stereocenters. The molecule has 1 fully saturated rings. The predicted molar refractivity (Wildman–Crippen MR) is 86.3 cm³/mol. The molecule has 0 heterocycles. The van der Waals surface area contributed by atoms with Crippen molar-refractivity contribution in [2.45, 2.75) is 66.7 Å². The maximum absolute atomic E-state index is 12.5. The van der Waals surface area contributed by atoms with E-state index >= 15 is 0 Å². The smallest absolute Gasteiger partial charge is 0.334 e. The van der Waals surface area contributed by atoms with Crippen LogP contribution in [0.3, 0.4) is 0 Å². The molecule has 4 nitrogen and oxygen atoms in total. The Bertz CT molecular complexity index is 423. The lowest BCUT2D eigenvalue weighted by atomic mass is 9.82. The van der Waals surface area contributed by atoms with Crippen LogP contribution >= 0.6 is 0 Å². The SMILES string of the molecule is CCOC(=O)C(CC(C)(C)C)=C(C(=O)OCC)C1CCCC1. The minimum atomic E-state index is -0.368. The zero-order valence-electron chi connectivity index (χ0n) is 14.7. The fourth-order valence-electron chi connectivity index (χ4n) is 2.99. The number of carbonyl (C=O) groups is 2. The lowest BCUT2D eigenvalue weighted by Gasteiger charge is -2.24. The zero-order chi connectivity index (χ0) is 16.8. The number of ether oxygens (including phenoxy) is 2. The largest absolute Gasteiger partial charge is 0.463 e. The molecule has 1 rings (SSSR count). The number of rotatable bonds is 6. The highest BCUT2D eigenvalue weighted by atomic mass is 16.5. The van der Waals surface area contributed by atoms with Crippen LogP contribution < -0.4 is 0 Å². The van der Waals surface area contributed by atoms with Gasteiger partial charge in [0.15, 0.2) is 0 Å². The number of carbonyl (C=O) groups excluding carboxylic acids is 2. The predicted octanol–water partition coefficient (Wildman–Crippen LogP) is 4.04. The summed E-state index contributed by atoms with van der Waals surface area (Å²) in [6.45, 7) is 10.4. The monoisotopic (exact) mass is 310 g/mol. The van der Waals surface area contributed by atoms with Crippen LogP contribution in [0.5, 0.6) is 0 Å². The van der Waals surface area contributed by atoms with Crippen LogP contribution in [0.4, 0.5) is 0 Å². The van der Waals surface area contributed by atoms with Gasteiger partial charge in [-0.2, -0.15) is 0 Å². The molecular formula is C18H30O4. The third kappa shape index (κ3) is 5.47. The quantitative estimate of drug-likeness (QED) is 0.549. The van der Waals surface area contributed by atoms with Gasteiger partial charge in [-0.3, -0.25) is 0 Å². The molecule has 4 heteroatoms. The molecule has 0 N–H and O–H groups in total. The van der Waals surface area contributed by atoms with Gasteiger partial charge in [-0.05, 0) is 44.4 Å². The molecule has 0 amide bonds. The summed E-state index contributed by atoms with van der Waals surface area (Å²) in [5.41, 5.74) is 0.978. The number of hydrogen-bond acceptors (Lipinski definition) is 4. The zero-order valence-corrected chi connectivity index (χ0v) is 14.7. The lowest BCUT2D eigenvalue weighted by Crippen LogP contribution is -2.24. The Kier molecular flexibility index (Phi) is 7.11. The van der Waals surface area contributed by atoms with Gasteiger partial charge in [0.25, 0.3) is 0 Å². The minimum absolute atomic E-state index is 0.0988. The summed E-state index contributed by atoms with van der Waals surface area (Å²) >= 11 is 0. The molecule has 22 heavy (non-hydrogen) atoms. The second kappa shape index (κ2) is 8.35.